The Labute approximate surface area is 140 Å². The fourth-order valence-electron chi connectivity index (χ4n) is 2.01. The van der Waals surface area contributed by atoms with Gasteiger partial charge in [-0.1, -0.05) is 25.6 Å². The molecule has 0 saturated heterocycles. The van der Waals surface area contributed by atoms with Crippen LogP contribution in [0.15, 0.2) is 28.0 Å². The molecule has 0 aliphatic heterocycles. The molecule has 0 saturated carbocycles. The van der Waals surface area contributed by atoms with Crippen molar-refractivity contribution in [1.29, 1.82) is 0 Å². The highest BCUT2D eigenvalue weighted by Crippen LogP contribution is 2.25. The fraction of sp³-hybridized carbons (Fsp3) is 0.562. The molecule has 0 N–H and O–H groups in total. The molecule has 0 aliphatic rings. The van der Waals surface area contributed by atoms with Gasteiger partial charge in [-0.15, -0.1) is 10.2 Å². The lowest BCUT2D eigenvalue weighted by atomic mass is 10.2. The average Bonchev–Trinajstić information content (AvgIpc) is 3.03. The van der Waals surface area contributed by atoms with Crippen molar-refractivity contribution in [3.05, 3.63) is 18.4 Å². The van der Waals surface area contributed by atoms with Crippen molar-refractivity contribution in [2.45, 2.75) is 51.9 Å². The number of esters is 1. The van der Waals surface area contributed by atoms with Gasteiger partial charge in [-0.05, 0) is 38.8 Å². The van der Waals surface area contributed by atoms with Crippen LogP contribution in [0.5, 0.6) is 0 Å². The first-order chi connectivity index (χ1) is 10.8. The van der Waals surface area contributed by atoms with E-state index in [2.05, 4.69) is 24.0 Å². The van der Waals surface area contributed by atoms with Crippen LogP contribution in [-0.4, -0.2) is 32.1 Å². The highest BCUT2D eigenvalue weighted by atomic mass is 32.2. The highest BCUT2D eigenvalue weighted by molar-refractivity contribution is 7.99. The number of carbonyl (C=O) groups excluding carboxylic acids is 1. The number of hydrogen-bond acceptors (Lipinski definition) is 6. The summed E-state index contributed by atoms with van der Waals surface area (Å²) in [7, 11) is 0. The molecule has 6 nitrogen and oxygen atoms in total. The van der Waals surface area contributed by atoms with E-state index in [0.29, 0.717) is 22.7 Å². The normalized spacial score (nSPS) is 11.9. The summed E-state index contributed by atoms with van der Waals surface area (Å²) in [5.74, 6) is 1.70. The number of furan rings is 1. The number of rotatable bonds is 6. The Balaban J connectivity index is 2.14. The predicted molar refractivity (Wildman–Crippen MR) is 89.1 cm³/mol. The molecular weight excluding hydrogens is 314 g/mol. The van der Waals surface area contributed by atoms with Crippen molar-refractivity contribution < 1.29 is 13.9 Å². The van der Waals surface area contributed by atoms with Crippen LogP contribution < -0.4 is 0 Å². The summed E-state index contributed by atoms with van der Waals surface area (Å²) in [4.78, 5) is 11.9. The summed E-state index contributed by atoms with van der Waals surface area (Å²) >= 11 is 1.33. The molecule has 0 radical (unpaired) electrons. The zero-order chi connectivity index (χ0) is 17.0. The van der Waals surface area contributed by atoms with E-state index in [9.17, 15) is 4.79 Å². The van der Waals surface area contributed by atoms with Crippen molar-refractivity contribution >= 4 is 17.7 Å². The molecule has 0 bridgehead atoms. The number of thioether (sulfide) groups is 1. The van der Waals surface area contributed by atoms with Crippen molar-refractivity contribution in [2.24, 2.45) is 5.92 Å². The van der Waals surface area contributed by atoms with E-state index in [4.69, 9.17) is 9.15 Å². The topological polar surface area (TPSA) is 70.2 Å². The van der Waals surface area contributed by atoms with Crippen LogP contribution in [0.2, 0.25) is 0 Å². The second-order valence-corrected chi connectivity index (χ2v) is 7.61. The van der Waals surface area contributed by atoms with E-state index in [1.165, 1.54) is 11.8 Å². The van der Waals surface area contributed by atoms with Crippen molar-refractivity contribution in [3.63, 3.8) is 0 Å². The summed E-state index contributed by atoms with van der Waals surface area (Å²) in [5.41, 5.74) is -0.484. The molecule has 2 aromatic heterocycles. The average molecular weight is 337 g/mol. The van der Waals surface area contributed by atoms with Gasteiger partial charge in [-0.2, -0.15) is 0 Å². The van der Waals surface area contributed by atoms with Gasteiger partial charge in [0.1, 0.15) is 5.60 Å². The van der Waals surface area contributed by atoms with Gasteiger partial charge >= 0.3 is 5.97 Å². The SMILES string of the molecule is CC(C)Cn1c(SCC(=O)OC(C)(C)C)nnc1-c1ccco1. The van der Waals surface area contributed by atoms with Gasteiger partial charge in [0.05, 0.1) is 12.0 Å². The molecule has 0 spiro atoms. The van der Waals surface area contributed by atoms with Crippen molar-refractivity contribution in [2.75, 3.05) is 5.75 Å². The van der Waals surface area contributed by atoms with Crippen LogP contribution in [0, 0.1) is 5.92 Å². The van der Waals surface area contributed by atoms with Gasteiger partial charge in [0.2, 0.25) is 0 Å². The van der Waals surface area contributed by atoms with Crippen LogP contribution >= 0.6 is 11.8 Å². The minimum Gasteiger partial charge on any atom is -0.461 e. The minimum atomic E-state index is -0.484. The molecule has 0 aromatic carbocycles. The first-order valence-electron chi connectivity index (χ1n) is 7.58. The summed E-state index contributed by atoms with van der Waals surface area (Å²) in [6.07, 6.45) is 1.61. The lowest BCUT2D eigenvalue weighted by Crippen LogP contribution is -2.25. The van der Waals surface area contributed by atoms with Gasteiger partial charge in [0, 0.05) is 6.54 Å². The highest BCUT2D eigenvalue weighted by Gasteiger charge is 2.20. The van der Waals surface area contributed by atoms with Crippen molar-refractivity contribution in [1.82, 2.24) is 14.8 Å². The molecule has 2 aromatic rings. The third-order valence-corrected chi connectivity index (χ3v) is 3.69. The van der Waals surface area contributed by atoms with E-state index < -0.39 is 5.60 Å². The first kappa shape index (κ1) is 17.6. The number of aromatic nitrogens is 3. The Kier molecular flexibility index (Phi) is 5.51. The van der Waals surface area contributed by atoms with Crippen LogP contribution in [0.4, 0.5) is 0 Å². The Bertz CT molecular complexity index is 642. The molecule has 0 atom stereocenters. The number of ether oxygens (including phenoxy) is 1. The second kappa shape index (κ2) is 7.21. The third kappa shape index (κ3) is 5.13. The number of nitrogens with zero attached hydrogens (tertiary/aromatic N) is 3. The minimum absolute atomic E-state index is 0.200. The smallest absolute Gasteiger partial charge is 0.316 e. The molecule has 2 rings (SSSR count). The molecular formula is C16H23N3O3S. The molecule has 0 fully saturated rings. The monoisotopic (exact) mass is 337 g/mol. The Morgan fingerprint density at radius 3 is 2.70 bits per heavy atom. The Hall–Kier alpha value is -1.76. The standard InChI is InChI=1S/C16H23N3O3S/c1-11(2)9-19-14(12-7-6-8-21-12)17-18-15(19)23-10-13(20)22-16(3,4)5/h6-8,11H,9-10H2,1-5H3. The molecule has 0 amide bonds. The maximum Gasteiger partial charge on any atom is 0.316 e. The maximum absolute atomic E-state index is 11.9. The van der Waals surface area contributed by atoms with Gasteiger partial charge < -0.3 is 9.15 Å². The number of hydrogen-bond donors (Lipinski definition) is 0. The summed E-state index contributed by atoms with van der Waals surface area (Å²) in [6.45, 7) is 10.5. The van der Waals surface area contributed by atoms with Crippen LogP contribution in [-0.2, 0) is 16.1 Å². The molecule has 126 valence electrons. The molecule has 7 heteroatoms. The van der Waals surface area contributed by atoms with Crippen molar-refractivity contribution in [3.8, 4) is 11.6 Å². The van der Waals surface area contributed by atoms with E-state index in [-0.39, 0.29) is 11.7 Å². The second-order valence-electron chi connectivity index (χ2n) is 6.66. The van der Waals surface area contributed by atoms with Crippen LogP contribution in [0.25, 0.3) is 11.6 Å². The molecule has 0 unspecified atom stereocenters. The Morgan fingerprint density at radius 1 is 1.39 bits per heavy atom. The summed E-state index contributed by atoms with van der Waals surface area (Å²) < 4.78 is 12.7. The zero-order valence-electron chi connectivity index (χ0n) is 14.2. The van der Waals surface area contributed by atoms with Gasteiger partial charge in [-0.3, -0.25) is 9.36 Å². The zero-order valence-corrected chi connectivity index (χ0v) is 15.0. The van der Waals surface area contributed by atoms with Crippen LogP contribution in [0.1, 0.15) is 34.6 Å². The van der Waals surface area contributed by atoms with Crippen LogP contribution in [0.3, 0.4) is 0 Å². The van der Waals surface area contributed by atoms with E-state index in [0.717, 1.165) is 6.54 Å². The van der Waals surface area contributed by atoms with E-state index >= 15 is 0 Å². The van der Waals surface area contributed by atoms with E-state index in [1.54, 1.807) is 6.26 Å². The predicted octanol–water partition coefficient (Wildman–Crippen LogP) is 3.63. The molecule has 0 aliphatic carbocycles. The number of carbonyl (C=O) groups is 1. The fourth-order valence-corrected chi connectivity index (χ4v) is 2.73. The van der Waals surface area contributed by atoms with Gasteiger partial charge in [0.25, 0.3) is 0 Å². The van der Waals surface area contributed by atoms with E-state index in [1.807, 2.05) is 37.5 Å². The summed E-state index contributed by atoms with van der Waals surface area (Å²) in [6, 6.07) is 3.67. The third-order valence-electron chi connectivity index (χ3n) is 2.75. The Morgan fingerprint density at radius 2 is 2.13 bits per heavy atom. The van der Waals surface area contributed by atoms with Gasteiger partial charge in [-0.25, -0.2) is 0 Å². The summed E-state index contributed by atoms with van der Waals surface area (Å²) in [5, 5.41) is 9.10. The largest absolute Gasteiger partial charge is 0.461 e. The van der Waals surface area contributed by atoms with Gasteiger partial charge in [0.15, 0.2) is 16.7 Å². The molecule has 2 heterocycles. The first-order valence-corrected chi connectivity index (χ1v) is 8.56. The lowest BCUT2D eigenvalue weighted by Gasteiger charge is -2.19. The lowest BCUT2D eigenvalue weighted by molar-refractivity contribution is -0.151. The quantitative estimate of drug-likeness (QED) is 0.592. The molecule has 23 heavy (non-hydrogen) atoms. The maximum atomic E-state index is 11.9.